The lowest BCUT2D eigenvalue weighted by atomic mass is 10.1. The third-order valence-electron chi connectivity index (χ3n) is 4.56. The van der Waals surface area contributed by atoms with E-state index in [4.69, 9.17) is 4.74 Å². The molecule has 0 aliphatic carbocycles. The average Bonchev–Trinajstić information content (AvgIpc) is 3.42. The summed E-state index contributed by atoms with van der Waals surface area (Å²) in [6, 6.07) is 9.81. The van der Waals surface area contributed by atoms with Gasteiger partial charge >= 0.3 is 6.61 Å². The van der Waals surface area contributed by atoms with Crippen molar-refractivity contribution in [3.05, 3.63) is 53.5 Å². The van der Waals surface area contributed by atoms with Gasteiger partial charge in [-0.2, -0.15) is 13.9 Å². The normalized spacial score (nSPS) is 11.1. The van der Waals surface area contributed by atoms with Crippen LogP contribution < -0.4 is 14.8 Å². The Balaban J connectivity index is 1.73. The fourth-order valence-electron chi connectivity index (χ4n) is 3.16. The summed E-state index contributed by atoms with van der Waals surface area (Å²) >= 11 is 1.51. The Hall–Kier alpha value is -3.53. The molecule has 3 heterocycles. The molecule has 0 bridgehead atoms. The molecule has 0 fully saturated rings. The van der Waals surface area contributed by atoms with Gasteiger partial charge in [0.15, 0.2) is 17.1 Å². The van der Waals surface area contributed by atoms with Crippen molar-refractivity contribution in [2.24, 2.45) is 0 Å². The van der Waals surface area contributed by atoms with Gasteiger partial charge in [0.2, 0.25) is 0 Å². The molecule has 3 aromatic heterocycles. The fourth-order valence-corrected chi connectivity index (χ4v) is 3.84. The van der Waals surface area contributed by atoms with Crippen LogP contribution in [-0.4, -0.2) is 34.4 Å². The number of alkyl halides is 2. The summed E-state index contributed by atoms with van der Waals surface area (Å²) in [6.07, 6.45) is 1.60. The molecule has 0 spiro atoms. The van der Waals surface area contributed by atoms with Gasteiger partial charge < -0.3 is 14.8 Å². The van der Waals surface area contributed by atoms with Crippen LogP contribution in [0.1, 0.15) is 17.3 Å². The second-order valence-corrected chi connectivity index (χ2v) is 7.38. The van der Waals surface area contributed by atoms with Crippen LogP contribution >= 0.6 is 11.3 Å². The molecule has 1 aromatic carbocycles. The number of ether oxygens (including phenoxy) is 2. The highest BCUT2D eigenvalue weighted by Gasteiger charge is 2.19. The number of benzene rings is 1. The largest absolute Gasteiger partial charge is 0.493 e. The van der Waals surface area contributed by atoms with E-state index in [9.17, 15) is 13.6 Å². The zero-order valence-electron chi connectivity index (χ0n) is 16.6. The van der Waals surface area contributed by atoms with E-state index in [2.05, 4.69) is 20.1 Å². The number of aromatic nitrogens is 3. The van der Waals surface area contributed by atoms with Gasteiger partial charge in [-0.25, -0.2) is 9.67 Å². The maximum atomic E-state index is 13.1. The molecule has 0 saturated carbocycles. The highest BCUT2D eigenvalue weighted by atomic mass is 32.1. The van der Waals surface area contributed by atoms with Gasteiger partial charge in [0.1, 0.15) is 0 Å². The standard InChI is InChI=1S/C21H18F2N4O3S/c1-3-27-19-14(11-24-27)13(10-15(26-19)18-5-4-8-31-18)20(28)25-12-6-7-16(29-2)17(9-12)30-21(22)23/h4-11,21H,3H2,1-2H3,(H,25,28). The molecule has 1 N–H and O–H groups in total. The molecule has 0 aliphatic heterocycles. The van der Waals surface area contributed by atoms with E-state index >= 15 is 0 Å². The smallest absolute Gasteiger partial charge is 0.387 e. The molecule has 10 heteroatoms. The number of anilines is 1. The number of thiophene rings is 1. The number of nitrogens with one attached hydrogen (secondary N) is 1. The first kappa shape index (κ1) is 20.7. The van der Waals surface area contributed by atoms with Crippen molar-refractivity contribution in [3.8, 4) is 22.1 Å². The van der Waals surface area contributed by atoms with Crippen molar-refractivity contribution in [2.45, 2.75) is 20.1 Å². The third kappa shape index (κ3) is 4.19. The fraction of sp³-hybridized carbons (Fsp3) is 0.190. The molecule has 0 atom stereocenters. The number of hydrogen-bond donors (Lipinski definition) is 1. The summed E-state index contributed by atoms with van der Waals surface area (Å²) in [5.74, 6) is -0.462. The lowest BCUT2D eigenvalue weighted by Crippen LogP contribution is -2.13. The number of aryl methyl sites for hydroxylation is 1. The number of nitrogens with zero attached hydrogens (tertiary/aromatic N) is 3. The number of methoxy groups -OCH3 is 1. The third-order valence-corrected chi connectivity index (χ3v) is 5.46. The molecular weight excluding hydrogens is 426 g/mol. The minimum absolute atomic E-state index is 0.133. The monoisotopic (exact) mass is 444 g/mol. The second kappa shape index (κ2) is 8.68. The number of hydrogen-bond acceptors (Lipinski definition) is 6. The van der Waals surface area contributed by atoms with Crippen LogP contribution in [0.5, 0.6) is 11.5 Å². The van der Waals surface area contributed by atoms with Crippen molar-refractivity contribution < 1.29 is 23.0 Å². The molecule has 7 nitrogen and oxygen atoms in total. The number of amides is 1. The van der Waals surface area contributed by atoms with Crippen LogP contribution in [0.25, 0.3) is 21.6 Å². The molecule has 31 heavy (non-hydrogen) atoms. The Bertz CT molecular complexity index is 1230. The number of fused-ring (bicyclic) bond motifs is 1. The Morgan fingerprint density at radius 3 is 2.77 bits per heavy atom. The maximum Gasteiger partial charge on any atom is 0.387 e. The number of halogens is 2. The van der Waals surface area contributed by atoms with Gasteiger partial charge in [-0.3, -0.25) is 4.79 Å². The first-order chi connectivity index (χ1) is 15.0. The van der Waals surface area contributed by atoms with Gasteiger partial charge in [0, 0.05) is 18.3 Å². The predicted octanol–water partition coefficient (Wildman–Crippen LogP) is 5.04. The zero-order valence-corrected chi connectivity index (χ0v) is 17.5. The average molecular weight is 444 g/mol. The van der Waals surface area contributed by atoms with Crippen LogP contribution in [0.4, 0.5) is 14.5 Å². The predicted molar refractivity (Wildman–Crippen MR) is 114 cm³/mol. The molecule has 4 rings (SSSR count). The van der Waals surface area contributed by atoms with Gasteiger partial charge in [0.05, 0.1) is 34.8 Å². The number of carbonyl (C=O) groups excluding carboxylic acids is 1. The Morgan fingerprint density at radius 1 is 1.26 bits per heavy atom. The summed E-state index contributed by atoms with van der Waals surface area (Å²) < 4.78 is 36.6. The van der Waals surface area contributed by atoms with E-state index in [1.165, 1.54) is 30.6 Å². The van der Waals surface area contributed by atoms with Crippen molar-refractivity contribution in [2.75, 3.05) is 12.4 Å². The minimum atomic E-state index is -3.02. The van der Waals surface area contributed by atoms with Crippen molar-refractivity contribution in [1.82, 2.24) is 14.8 Å². The number of rotatable bonds is 7. The van der Waals surface area contributed by atoms with E-state index in [1.807, 2.05) is 24.4 Å². The van der Waals surface area contributed by atoms with E-state index in [0.29, 0.717) is 28.8 Å². The van der Waals surface area contributed by atoms with Crippen LogP contribution in [0.3, 0.4) is 0 Å². The lowest BCUT2D eigenvalue weighted by Gasteiger charge is -2.13. The molecule has 160 valence electrons. The molecule has 0 aliphatic rings. The van der Waals surface area contributed by atoms with Crippen molar-refractivity contribution in [1.29, 1.82) is 0 Å². The van der Waals surface area contributed by atoms with E-state index < -0.39 is 12.5 Å². The van der Waals surface area contributed by atoms with Gasteiger partial charge in [0.25, 0.3) is 5.91 Å². The zero-order chi connectivity index (χ0) is 22.0. The van der Waals surface area contributed by atoms with Crippen LogP contribution in [0, 0.1) is 0 Å². The van der Waals surface area contributed by atoms with E-state index in [-0.39, 0.29) is 17.2 Å². The maximum absolute atomic E-state index is 13.1. The summed E-state index contributed by atoms with van der Waals surface area (Å²) in [7, 11) is 1.34. The molecular formula is C21H18F2N4O3S. The highest BCUT2D eigenvalue weighted by molar-refractivity contribution is 7.13. The van der Waals surface area contributed by atoms with E-state index in [0.717, 1.165) is 4.88 Å². The summed E-state index contributed by atoms with van der Waals surface area (Å²) in [5, 5.41) is 9.57. The van der Waals surface area contributed by atoms with Crippen LogP contribution in [-0.2, 0) is 6.54 Å². The Labute approximate surface area is 180 Å². The van der Waals surface area contributed by atoms with Crippen LogP contribution in [0.15, 0.2) is 48.0 Å². The van der Waals surface area contributed by atoms with Crippen molar-refractivity contribution in [3.63, 3.8) is 0 Å². The quantitative estimate of drug-likeness (QED) is 0.432. The van der Waals surface area contributed by atoms with Gasteiger partial charge in [-0.05, 0) is 36.6 Å². The SMILES string of the molecule is CCn1ncc2c(C(=O)Nc3ccc(OC)c(OC(F)F)c3)cc(-c3cccs3)nc21. The molecule has 0 unspecified atom stereocenters. The topological polar surface area (TPSA) is 78.3 Å². The summed E-state index contributed by atoms with van der Waals surface area (Å²) in [4.78, 5) is 18.7. The summed E-state index contributed by atoms with van der Waals surface area (Å²) in [5.41, 5.74) is 1.90. The molecule has 0 saturated heterocycles. The number of pyridine rings is 1. The van der Waals surface area contributed by atoms with Gasteiger partial charge in [-0.1, -0.05) is 6.07 Å². The lowest BCUT2D eigenvalue weighted by molar-refractivity contribution is -0.0511. The van der Waals surface area contributed by atoms with E-state index in [1.54, 1.807) is 23.0 Å². The second-order valence-electron chi connectivity index (χ2n) is 6.43. The van der Waals surface area contributed by atoms with Crippen molar-refractivity contribution >= 4 is 34.0 Å². The Kier molecular flexibility index (Phi) is 5.81. The summed E-state index contributed by atoms with van der Waals surface area (Å²) in [6.45, 7) is -0.487. The first-order valence-electron chi connectivity index (χ1n) is 9.34. The molecule has 0 radical (unpaired) electrons. The van der Waals surface area contributed by atoms with Crippen LogP contribution in [0.2, 0.25) is 0 Å². The molecule has 4 aromatic rings. The number of carbonyl (C=O) groups is 1. The Morgan fingerprint density at radius 2 is 2.10 bits per heavy atom. The van der Waals surface area contributed by atoms with Gasteiger partial charge in [-0.15, -0.1) is 11.3 Å². The molecule has 1 amide bonds. The highest BCUT2D eigenvalue weighted by Crippen LogP contribution is 2.32. The first-order valence-corrected chi connectivity index (χ1v) is 10.2. The minimum Gasteiger partial charge on any atom is -0.493 e.